The Hall–Kier alpha value is -3.80. The second-order valence-corrected chi connectivity index (χ2v) is 7.53. The summed E-state index contributed by atoms with van der Waals surface area (Å²) < 4.78 is 0. The van der Waals surface area contributed by atoms with Crippen molar-refractivity contribution in [3.63, 3.8) is 0 Å². The van der Waals surface area contributed by atoms with Gasteiger partial charge in [-0.2, -0.15) is 0 Å². The van der Waals surface area contributed by atoms with Crippen LogP contribution in [0.3, 0.4) is 0 Å². The molecule has 148 valence electrons. The molecule has 0 bridgehead atoms. The lowest BCUT2D eigenvalue weighted by Crippen LogP contribution is -2.13. The molecule has 2 aromatic carbocycles. The zero-order valence-corrected chi connectivity index (χ0v) is 16.1. The van der Waals surface area contributed by atoms with Crippen LogP contribution in [-0.2, 0) is 12.8 Å². The van der Waals surface area contributed by atoms with Gasteiger partial charge in [-0.3, -0.25) is 4.98 Å². The van der Waals surface area contributed by atoms with Crippen LogP contribution >= 0.6 is 0 Å². The number of pyridine rings is 2. The van der Waals surface area contributed by atoms with E-state index in [1.54, 1.807) is 30.3 Å². The molecule has 6 heteroatoms. The summed E-state index contributed by atoms with van der Waals surface area (Å²) in [6.07, 6.45) is 3.47. The summed E-state index contributed by atoms with van der Waals surface area (Å²) in [6.45, 7) is 0. The molecule has 5 rings (SSSR count). The monoisotopic (exact) mass is 398 g/mol. The van der Waals surface area contributed by atoms with Crippen LogP contribution in [0.4, 0.5) is 0 Å². The van der Waals surface area contributed by atoms with Crippen molar-refractivity contribution < 1.29 is 19.8 Å². The largest absolute Gasteiger partial charge is 0.478 e. The van der Waals surface area contributed by atoms with E-state index in [1.165, 1.54) is 6.07 Å². The van der Waals surface area contributed by atoms with Gasteiger partial charge in [0.25, 0.3) is 0 Å². The van der Waals surface area contributed by atoms with Gasteiger partial charge in [-0.1, -0.05) is 24.3 Å². The molecule has 0 fully saturated rings. The highest BCUT2D eigenvalue weighted by molar-refractivity contribution is 6.06. The number of carbonyl (C=O) groups is 2. The standard InChI is InChI=1S/C24H18N2O4/c27-23(28)16-12-21(26-18-7-3-1-5-14(16)18)13-9-10-20-17(11-13)22(24(29)30)15-6-2-4-8-19(15)25-20/h1,3,5,7,9-12H,2,4,6,8H2,(H,27,28)(H,29,30). The average molecular weight is 398 g/mol. The number of fused-ring (bicyclic) bond motifs is 3. The van der Waals surface area contributed by atoms with Crippen LogP contribution < -0.4 is 0 Å². The second-order valence-electron chi connectivity index (χ2n) is 7.53. The molecule has 1 aliphatic carbocycles. The zero-order chi connectivity index (χ0) is 20.8. The maximum atomic E-state index is 12.1. The highest BCUT2D eigenvalue weighted by atomic mass is 16.4. The van der Waals surface area contributed by atoms with E-state index in [4.69, 9.17) is 4.98 Å². The van der Waals surface area contributed by atoms with Gasteiger partial charge in [0.1, 0.15) is 0 Å². The lowest BCUT2D eigenvalue weighted by atomic mass is 9.89. The van der Waals surface area contributed by atoms with Crippen LogP contribution in [0.5, 0.6) is 0 Å². The van der Waals surface area contributed by atoms with Gasteiger partial charge in [-0.25, -0.2) is 14.6 Å². The Kier molecular flexibility index (Phi) is 4.20. The van der Waals surface area contributed by atoms with Crippen molar-refractivity contribution >= 4 is 33.7 Å². The molecule has 0 unspecified atom stereocenters. The first-order valence-electron chi connectivity index (χ1n) is 9.85. The number of hydrogen-bond acceptors (Lipinski definition) is 4. The highest BCUT2D eigenvalue weighted by Crippen LogP contribution is 2.33. The molecule has 2 heterocycles. The minimum Gasteiger partial charge on any atom is -0.478 e. The number of hydrogen-bond donors (Lipinski definition) is 2. The molecular formula is C24H18N2O4. The summed E-state index contributed by atoms with van der Waals surface area (Å²) in [5, 5.41) is 20.7. The first-order chi connectivity index (χ1) is 14.5. The van der Waals surface area contributed by atoms with Crippen LogP contribution in [0.1, 0.15) is 44.8 Å². The summed E-state index contributed by atoms with van der Waals surface area (Å²) in [6, 6.07) is 14.0. The topological polar surface area (TPSA) is 100 Å². The minimum atomic E-state index is -1.03. The summed E-state index contributed by atoms with van der Waals surface area (Å²) in [7, 11) is 0. The SMILES string of the molecule is O=C(O)c1cc(-c2ccc3nc4c(c(C(=O)O)c3c2)CCCC4)nc2ccccc12. The van der Waals surface area contributed by atoms with Crippen LogP contribution in [0.15, 0.2) is 48.5 Å². The number of aryl methyl sites for hydroxylation is 1. The molecular weight excluding hydrogens is 380 g/mol. The van der Waals surface area contributed by atoms with Gasteiger partial charge in [0.15, 0.2) is 0 Å². The van der Waals surface area contributed by atoms with E-state index < -0.39 is 11.9 Å². The first kappa shape index (κ1) is 18.2. The normalized spacial score (nSPS) is 13.3. The minimum absolute atomic E-state index is 0.165. The molecule has 1 aliphatic rings. The molecule has 30 heavy (non-hydrogen) atoms. The van der Waals surface area contributed by atoms with Crippen molar-refractivity contribution in [3.05, 3.63) is 70.9 Å². The molecule has 0 aliphatic heterocycles. The summed E-state index contributed by atoms with van der Waals surface area (Å²) in [5.74, 6) is -1.99. The number of benzene rings is 2. The molecule has 0 radical (unpaired) electrons. The number of para-hydroxylation sites is 1. The van der Waals surface area contributed by atoms with Crippen molar-refractivity contribution in [1.29, 1.82) is 0 Å². The Bertz CT molecular complexity index is 1360. The van der Waals surface area contributed by atoms with E-state index in [1.807, 2.05) is 12.1 Å². The van der Waals surface area contributed by atoms with Gasteiger partial charge in [-0.05, 0) is 55.5 Å². The van der Waals surface area contributed by atoms with Crippen molar-refractivity contribution in [3.8, 4) is 11.3 Å². The van der Waals surface area contributed by atoms with Crippen molar-refractivity contribution in [2.75, 3.05) is 0 Å². The number of carboxylic acid groups (broad SMARTS) is 2. The Morgan fingerprint density at radius 2 is 1.57 bits per heavy atom. The zero-order valence-electron chi connectivity index (χ0n) is 16.1. The fourth-order valence-corrected chi connectivity index (χ4v) is 4.33. The molecule has 0 saturated heterocycles. The third kappa shape index (κ3) is 2.88. The Morgan fingerprint density at radius 1 is 0.800 bits per heavy atom. The lowest BCUT2D eigenvalue weighted by Gasteiger charge is -2.19. The Labute approximate surface area is 171 Å². The Morgan fingerprint density at radius 3 is 2.37 bits per heavy atom. The van der Waals surface area contributed by atoms with E-state index in [-0.39, 0.29) is 5.56 Å². The van der Waals surface area contributed by atoms with Gasteiger partial charge in [0, 0.05) is 22.0 Å². The van der Waals surface area contributed by atoms with E-state index in [9.17, 15) is 19.8 Å². The predicted molar refractivity (Wildman–Crippen MR) is 113 cm³/mol. The van der Waals surface area contributed by atoms with Crippen LogP contribution in [-0.4, -0.2) is 32.1 Å². The van der Waals surface area contributed by atoms with Crippen molar-refractivity contribution in [2.24, 2.45) is 0 Å². The number of aromatic carboxylic acids is 2. The smallest absolute Gasteiger partial charge is 0.336 e. The van der Waals surface area contributed by atoms with Gasteiger partial charge < -0.3 is 10.2 Å². The molecule has 2 aromatic heterocycles. The first-order valence-corrected chi connectivity index (χ1v) is 9.85. The maximum absolute atomic E-state index is 12.1. The number of aromatic nitrogens is 2. The molecule has 6 nitrogen and oxygen atoms in total. The quantitative estimate of drug-likeness (QED) is 0.518. The molecule has 0 saturated carbocycles. The van der Waals surface area contributed by atoms with Gasteiger partial charge in [0.05, 0.1) is 27.9 Å². The second kappa shape index (κ2) is 6.91. The molecule has 0 amide bonds. The maximum Gasteiger partial charge on any atom is 0.336 e. The average Bonchev–Trinajstić information content (AvgIpc) is 2.75. The summed E-state index contributed by atoms with van der Waals surface area (Å²) >= 11 is 0. The van der Waals surface area contributed by atoms with E-state index in [2.05, 4.69) is 4.98 Å². The molecule has 4 aromatic rings. The summed E-state index contributed by atoms with van der Waals surface area (Å²) in [4.78, 5) is 33.3. The predicted octanol–water partition coefficient (Wildman–Crippen LogP) is 4.73. The lowest BCUT2D eigenvalue weighted by molar-refractivity contribution is 0.0687. The van der Waals surface area contributed by atoms with Gasteiger partial charge in [0.2, 0.25) is 0 Å². The molecule has 0 atom stereocenters. The van der Waals surface area contributed by atoms with Gasteiger partial charge in [-0.15, -0.1) is 0 Å². The van der Waals surface area contributed by atoms with Crippen molar-refractivity contribution in [2.45, 2.75) is 25.7 Å². The molecule has 0 spiro atoms. The number of carboxylic acids is 2. The number of rotatable bonds is 3. The van der Waals surface area contributed by atoms with Crippen molar-refractivity contribution in [1.82, 2.24) is 9.97 Å². The fourth-order valence-electron chi connectivity index (χ4n) is 4.33. The van der Waals surface area contributed by atoms with Gasteiger partial charge >= 0.3 is 11.9 Å². The van der Waals surface area contributed by atoms with E-state index >= 15 is 0 Å². The third-order valence-corrected chi connectivity index (χ3v) is 5.72. The van der Waals surface area contributed by atoms with E-state index in [0.29, 0.717) is 45.0 Å². The third-order valence-electron chi connectivity index (χ3n) is 5.72. The van der Waals surface area contributed by atoms with Crippen LogP contribution in [0.25, 0.3) is 33.1 Å². The fraction of sp³-hybridized carbons (Fsp3) is 0.167. The highest BCUT2D eigenvalue weighted by Gasteiger charge is 2.23. The van der Waals surface area contributed by atoms with Crippen LogP contribution in [0.2, 0.25) is 0 Å². The number of nitrogens with zero attached hydrogens (tertiary/aromatic N) is 2. The van der Waals surface area contributed by atoms with Crippen LogP contribution in [0, 0.1) is 0 Å². The Balaban J connectivity index is 1.77. The molecule has 2 N–H and O–H groups in total. The summed E-state index contributed by atoms with van der Waals surface area (Å²) in [5.41, 5.74) is 4.52. The van der Waals surface area contributed by atoms with E-state index in [0.717, 1.165) is 30.5 Å².